The Morgan fingerprint density at radius 2 is 1.43 bits per heavy atom. The number of carbonyl (C=O) groups is 1. The number of hydrogen-bond acceptors (Lipinski definition) is 16. The number of anilines is 2. The summed E-state index contributed by atoms with van der Waals surface area (Å²) in [6.07, 6.45) is 1.51. The summed E-state index contributed by atoms with van der Waals surface area (Å²) in [6.45, 7) is 0. The zero-order valence-corrected chi connectivity index (χ0v) is 35.7. The molecule has 0 bridgehead atoms. The van der Waals surface area contributed by atoms with Gasteiger partial charge >= 0.3 is 88.7 Å². The Labute approximate surface area is 367 Å². The van der Waals surface area contributed by atoms with E-state index in [0.29, 0.717) is 6.07 Å². The topological polar surface area (TPSA) is 301 Å². The van der Waals surface area contributed by atoms with Gasteiger partial charge in [0, 0.05) is 22.9 Å². The number of aromatic hydroxyl groups is 1. The quantitative estimate of drug-likeness (QED) is 0.0296. The molecule has 0 aliphatic carbocycles. The summed E-state index contributed by atoms with van der Waals surface area (Å²) in [7, 11) is -8.32. The van der Waals surface area contributed by atoms with E-state index in [9.17, 15) is 40.9 Å². The van der Waals surface area contributed by atoms with Crippen molar-refractivity contribution in [3.63, 3.8) is 0 Å². The Morgan fingerprint density at radius 3 is 2.02 bits per heavy atom. The summed E-state index contributed by atoms with van der Waals surface area (Å²) in [4.78, 5) is 18.4. The van der Waals surface area contributed by atoms with Crippen molar-refractivity contribution in [2.24, 2.45) is 20.5 Å². The minimum atomic E-state index is -4.90. The molecule has 5 aromatic rings. The molecule has 0 fully saturated rings. The van der Waals surface area contributed by atoms with Crippen molar-refractivity contribution in [1.29, 1.82) is 5.26 Å². The summed E-state index contributed by atoms with van der Waals surface area (Å²) in [5.41, 5.74) is 0.541. The predicted octanol–water partition coefficient (Wildman–Crippen LogP) is -4.10. The summed E-state index contributed by atoms with van der Waals surface area (Å²) < 4.78 is 71.5. The Kier molecular flexibility index (Phi) is 16.4. The molecule has 24 heteroatoms. The number of azo groups is 2. The fourth-order valence-corrected chi connectivity index (χ4v) is 5.62. The van der Waals surface area contributed by atoms with Crippen LogP contribution in [-0.2, 0) is 20.2 Å². The van der Waals surface area contributed by atoms with Crippen molar-refractivity contribution in [3.05, 3.63) is 78.4 Å². The molecule has 4 aromatic carbocycles. The molecular formula is C29H20N9Na3O10S2+2. The molecule has 0 saturated carbocycles. The van der Waals surface area contributed by atoms with Gasteiger partial charge in [-0.25, -0.2) is 4.98 Å². The molecule has 0 saturated heterocycles. The molecule has 0 radical (unpaired) electrons. The summed E-state index contributed by atoms with van der Waals surface area (Å²) in [5, 5.41) is 50.9. The molecule has 5 rings (SSSR count). The van der Waals surface area contributed by atoms with Crippen molar-refractivity contribution in [3.8, 4) is 23.7 Å². The molecule has 0 aliphatic heterocycles. The van der Waals surface area contributed by atoms with Crippen LogP contribution in [0.15, 0.2) is 103 Å². The predicted molar refractivity (Wildman–Crippen MR) is 172 cm³/mol. The van der Waals surface area contributed by atoms with Gasteiger partial charge in [-0.1, -0.05) is 6.07 Å². The largest absolute Gasteiger partial charge is 1.00 e. The molecular weight excluding hydrogens is 767 g/mol. The van der Waals surface area contributed by atoms with Gasteiger partial charge in [0.15, 0.2) is 11.9 Å². The number of amides is 1. The molecule has 254 valence electrons. The molecule has 53 heavy (non-hydrogen) atoms. The van der Waals surface area contributed by atoms with Crippen LogP contribution in [-0.4, -0.2) is 54.0 Å². The Hall–Kier alpha value is -3.60. The van der Waals surface area contributed by atoms with Crippen molar-refractivity contribution in [1.82, 2.24) is 9.97 Å². The van der Waals surface area contributed by atoms with Gasteiger partial charge in [0.05, 0.1) is 34.8 Å². The zero-order valence-electron chi connectivity index (χ0n) is 28.1. The van der Waals surface area contributed by atoms with E-state index in [1.165, 1.54) is 74.0 Å². The van der Waals surface area contributed by atoms with Crippen LogP contribution in [0.3, 0.4) is 0 Å². The number of nitrogens with zero attached hydrogens (tertiary/aromatic N) is 7. The third kappa shape index (κ3) is 11.4. The molecule has 0 atom stereocenters. The molecule has 1 amide bonds. The number of carbonyl (C=O) groups excluding carboxylic acids is 1. The molecule has 19 nitrogen and oxygen atoms in total. The number of aromatic nitrogens is 2. The minimum Gasteiger partial charge on any atom is -0.857 e. The number of nitriles is 1. The van der Waals surface area contributed by atoms with Crippen molar-refractivity contribution < 1.29 is 134 Å². The number of nitrogens with one attached hydrogen (secondary N) is 2. The maximum atomic E-state index is 12.9. The fraction of sp³-hybridized carbons (Fsp3) is 0.0345. The molecule has 0 spiro atoms. The summed E-state index contributed by atoms with van der Waals surface area (Å²) >= 11 is 0. The van der Waals surface area contributed by atoms with Gasteiger partial charge in [0.25, 0.3) is 26.1 Å². The van der Waals surface area contributed by atoms with Crippen LogP contribution in [0.5, 0.6) is 17.5 Å². The number of benzene rings is 4. The number of ether oxygens (including phenoxy) is 1. The standard InChI is InChI=1S/C29H21N9O10S2.3Na/c1-48-23-12-19(37-36-18-7-4-16-10-20(49(42,43)44)13-24(21(16)11-18)50(45,46)47)8-9-22(23)32-26(39)15-2-5-17(6-3-15)35-38-25-27(40)33-29(31-14-30)34-28(25)41;;;/h2-13H,1H3,(H,32,39)(H,42,43,44)(H,45,46,47)(H3,31,33,34,40,41);;;/q;3*+1/p-1. The van der Waals surface area contributed by atoms with Gasteiger partial charge in [-0.05, 0) is 66.0 Å². The van der Waals surface area contributed by atoms with Crippen LogP contribution in [0.25, 0.3) is 10.8 Å². The second kappa shape index (κ2) is 19.1. The molecule has 0 aliphatic rings. The van der Waals surface area contributed by atoms with Gasteiger partial charge in [-0.3, -0.25) is 19.2 Å². The monoisotopic (exact) mass is 787 g/mol. The van der Waals surface area contributed by atoms with Gasteiger partial charge in [-0.15, -0.1) is 5.11 Å². The van der Waals surface area contributed by atoms with Crippen LogP contribution in [0.1, 0.15) is 10.4 Å². The SMILES string of the molecule is COc1cc(N=Nc2ccc3cc(S(=O)(=O)O)cc(S(=O)(=O)O)c3c2)ccc1NC(=O)c1ccc(N=Nc2c([O-])nc(NC#N)nc2O)cc1.[Na+].[Na+].[Na+]. The second-order valence-electron chi connectivity index (χ2n) is 9.82. The third-order valence-corrected chi connectivity index (χ3v) is 8.28. The van der Waals surface area contributed by atoms with E-state index in [4.69, 9.17) is 10.00 Å². The van der Waals surface area contributed by atoms with Crippen molar-refractivity contribution in [2.75, 3.05) is 17.7 Å². The van der Waals surface area contributed by atoms with E-state index in [-0.39, 0.29) is 134 Å². The van der Waals surface area contributed by atoms with Gasteiger partial charge in [-0.2, -0.15) is 42.4 Å². The summed E-state index contributed by atoms with van der Waals surface area (Å²) in [6, 6.07) is 15.8. The molecule has 1 aromatic heterocycles. The van der Waals surface area contributed by atoms with E-state index in [0.717, 1.165) is 6.07 Å². The first-order valence-electron chi connectivity index (χ1n) is 13.5. The first-order valence-corrected chi connectivity index (χ1v) is 16.4. The number of hydrogen-bond donors (Lipinski definition) is 5. The van der Waals surface area contributed by atoms with E-state index in [1.54, 1.807) is 0 Å². The van der Waals surface area contributed by atoms with Gasteiger partial charge in [0.1, 0.15) is 10.6 Å². The van der Waals surface area contributed by atoms with Gasteiger partial charge < -0.3 is 20.3 Å². The molecule has 0 unspecified atom stereocenters. The normalized spacial score (nSPS) is 11.2. The molecule has 5 N–H and O–H groups in total. The zero-order chi connectivity index (χ0) is 36.2. The third-order valence-electron chi connectivity index (χ3n) is 6.56. The minimum absolute atomic E-state index is 0. The summed E-state index contributed by atoms with van der Waals surface area (Å²) in [5.74, 6) is -2.48. The van der Waals surface area contributed by atoms with E-state index in [2.05, 4.69) is 35.7 Å². The first kappa shape index (κ1) is 45.6. The Balaban J connectivity index is 0.00000324. The number of fused-ring (bicyclic) bond motifs is 1. The average molecular weight is 788 g/mol. The van der Waals surface area contributed by atoms with Crippen molar-refractivity contribution in [2.45, 2.75) is 9.79 Å². The van der Waals surface area contributed by atoms with Crippen LogP contribution >= 0.6 is 0 Å². The second-order valence-corrected chi connectivity index (χ2v) is 12.6. The van der Waals surface area contributed by atoms with Crippen LogP contribution in [0.2, 0.25) is 0 Å². The number of rotatable bonds is 10. The Morgan fingerprint density at radius 1 is 0.830 bits per heavy atom. The van der Waals surface area contributed by atoms with Crippen LogP contribution < -0.4 is 109 Å². The number of methoxy groups -OCH3 is 1. The molecule has 1 heterocycles. The van der Waals surface area contributed by atoms with E-state index >= 15 is 0 Å². The van der Waals surface area contributed by atoms with Gasteiger partial charge in [0.2, 0.25) is 11.8 Å². The van der Waals surface area contributed by atoms with E-state index in [1.807, 2.05) is 5.32 Å². The van der Waals surface area contributed by atoms with E-state index < -0.39 is 59.3 Å². The maximum absolute atomic E-state index is 12.9. The fourth-order valence-electron chi connectivity index (χ4n) is 4.27. The van der Waals surface area contributed by atoms with Crippen LogP contribution in [0.4, 0.5) is 34.4 Å². The maximum Gasteiger partial charge on any atom is 1.00 e. The smallest absolute Gasteiger partial charge is 0.857 e. The first-order chi connectivity index (χ1) is 23.7. The Bertz CT molecular complexity index is 2480. The van der Waals surface area contributed by atoms with Crippen LogP contribution in [0, 0.1) is 11.5 Å². The van der Waals surface area contributed by atoms with Crippen molar-refractivity contribution >= 4 is 71.3 Å². The average Bonchev–Trinajstić information content (AvgIpc) is 3.06.